The minimum absolute atomic E-state index is 0.626. The zero-order valence-corrected chi connectivity index (χ0v) is 11.6. The third kappa shape index (κ3) is 3.88. The lowest BCUT2D eigenvalue weighted by Gasteiger charge is -2.23. The minimum Gasteiger partial charge on any atom is -0.370 e. The Kier molecular flexibility index (Phi) is 5.19. The molecule has 0 radical (unpaired) electrons. The Morgan fingerprint density at radius 1 is 1.35 bits per heavy atom. The van der Waals surface area contributed by atoms with E-state index < -0.39 is 0 Å². The van der Waals surface area contributed by atoms with E-state index in [1.807, 2.05) is 0 Å². The van der Waals surface area contributed by atoms with Crippen molar-refractivity contribution in [2.75, 3.05) is 30.4 Å². The van der Waals surface area contributed by atoms with E-state index >= 15 is 0 Å². The van der Waals surface area contributed by atoms with Crippen molar-refractivity contribution in [2.45, 2.75) is 34.1 Å². The Morgan fingerprint density at radius 3 is 2.65 bits per heavy atom. The summed E-state index contributed by atoms with van der Waals surface area (Å²) in [5.41, 5.74) is 1.13. The van der Waals surface area contributed by atoms with Gasteiger partial charge in [-0.1, -0.05) is 20.8 Å². The highest BCUT2D eigenvalue weighted by molar-refractivity contribution is 5.57. The van der Waals surface area contributed by atoms with Crippen molar-refractivity contribution in [1.29, 1.82) is 0 Å². The smallest absolute Gasteiger partial charge is 0.136 e. The van der Waals surface area contributed by atoms with Gasteiger partial charge in [-0.3, -0.25) is 0 Å². The minimum atomic E-state index is 0.626. The summed E-state index contributed by atoms with van der Waals surface area (Å²) in [4.78, 5) is 10.9. The molecule has 1 rings (SSSR count). The predicted octanol–water partition coefficient (Wildman–Crippen LogP) is 2.70. The van der Waals surface area contributed by atoms with Crippen LogP contribution in [0.25, 0.3) is 0 Å². The summed E-state index contributed by atoms with van der Waals surface area (Å²) in [6, 6.07) is 0. The van der Waals surface area contributed by atoms with E-state index in [4.69, 9.17) is 0 Å². The Morgan fingerprint density at radius 2 is 2.06 bits per heavy atom. The Hall–Kier alpha value is -1.32. The fraction of sp³-hybridized carbons (Fsp3) is 0.692. The van der Waals surface area contributed by atoms with Gasteiger partial charge in [-0.2, -0.15) is 0 Å². The maximum Gasteiger partial charge on any atom is 0.136 e. The first kappa shape index (κ1) is 13.7. The second-order valence-electron chi connectivity index (χ2n) is 4.87. The van der Waals surface area contributed by atoms with Crippen molar-refractivity contribution < 1.29 is 0 Å². The average Bonchev–Trinajstić information content (AvgIpc) is 2.26. The first-order chi connectivity index (χ1) is 8.06. The molecule has 96 valence electrons. The van der Waals surface area contributed by atoms with Crippen LogP contribution in [0, 0.1) is 12.8 Å². The second-order valence-corrected chi connectivity index (χ2v) is 4.87. The number of nitrogens with one attached hydrogen (secondary N) is 1. The van der Waals surface area contributed by atoms with Gasteiger partial charge >= 0.3 is 0 Å². The molecule has 0 spiro atoms. The molecular formula is C13H24N4. The molecular weight excluding hydrogens is 212 g/mol. The van der Waals surface area contributed by atoms with E-state index in [1.165, 1.54) is 0 Å². The lowest BCUT2D eigenvalue weighted by Crippen LogP contribution is -2.24. The molecule has 0 aliphatic carbocycles. The largest absolute Gasteiger partial charge is 0.370 e. The quantitative estimate of drug-likeness (QED) is 0.824. The monoisotopic (exact) mass is 236 g/mol. The van der Waals surface area contributed by atoms with Crippen molar-refractivity contribution >= 4 is 11.6 Å². The van der Waals surface area contributed by atoms with E-state index in [2.05, 4.69) is 54.9 Å². The number of anilines is 2. The van der Waals surface area contributed by atoms with Gasteiger partial charge in [-0.15, -0.1) is 0 Å². The molecule has 1 aromatic rings. The molecule has 0 aromatic carbocycles. The van der Waals surface area contributed by atoms with Gasteiger partial charge in [0.25, 0.3) is 0 Å². The van der Waals surface area contributed by atoms with Crippen LogP contribution < -0.4 is 10.2 Å². The van der Waals surface area contributed by atoms with Gasteiger partial charge in [0, 0.05) is 25.7 Å². The van der Waals surface area contributed by atoms with Gasteiger partial charge in [-0.25, -0.2) is 9.97 Å². The Labute approximate surface area is 104 Å². The van der Waals surface area contributed by atoms with Crippen LogP contribution in [0.4, 0.5) is 11.6 Å². The highest BCUT2D eigenvalue weighted by Gasteiger charge is 2.11. The van der Waals surface area contributed by atoms with Gasteiger partial charge in [0.05, 0.1) is 0 Å². The first-order valence-corrected chi connectivity index (χ1v) is 6.32. The summed E-state index contributed by atoms with van der Waals surface area (Å²) in [6.45, 7) is 10.6. The summed E-state index contributed by atoms with van der Waals surface area (Å²) >= 11 is 0. The molecule has 1 N–H and O–H groups in total. The van der Waals surface area contributed by atoms with Crippen LogP contribution in [0.2, 0.25) is 0 Å². The highest BCUT2D eigenvalue weighted by atomic mass is 15.2. The average molecular weight is 236 g/mol. The molecule has 0 saturated carbocycles. The van der Waals surface area contributed by atoms with Crippen molar-refractivity contribution in [3.63, 3.8) is 0 Å². The van der Waals surface area contributed by atoms with Gasteiger partial charge < -0.3 is 10.2 Å². The molecule has 1 aromatic heterocycles. The fourth-order valence-corrected chi connectivity index (χ4v) is 1.88. The van der Waals surface area contributed by atoms with Crippen molar-refractivity contribution in [3.8, 4) is 0 Å². The first-order valence-electron chi connectivity index (χ1n) is 6.32. The van der Waals surface area contributed by atoms with Gasteiger partial charge in [0.2, 0.25) is 0 Å². The zero-order valence-electron chi connectivity index (χ0n) is 11.6. The van der Waals surface area contributed by atoms with Crippen molar-refractivity contribution in [2.24, 2.45) is 5.92 Å². The summed E-state index contributed by atoms with van der Waals surface area (Å²) in [6.07, 6.45) is 2.73. The Balaban J connectivity index is 2.85. The van der Waals surface area contributed by atoms with Crippen LogP contribution >= 0.6 is 0 Å². The summed E-state index contributed by atoms with van der Waals surface area (Å²) in [7, 11) is 2.08. The van der Waals surface area contributed by atoms with Crippen LogP contribution in [-0.2, 0) is 0 Å². The molecule has 0 fully saturated rings. The molecule has 0 amide bonds. The SMILES string of the molecule is CCCNc1ncnc(N(C)CC(C)C)c1C. The molecule has 1 heterocycles. The van der Waals surface area contributed by atoms with Gasteiger partial charge in [0.1, 0.15) is 18.0 Å². The lowest BCUT2D eigenvalue weighted by molar-refractivity contribution is 0.633. The topological polar surface area (TPSA) is 41.1 Å². The van der Waals surface area contributed by atoms with Crippen LogP contribution in [0.3, 0.4) is 0 Å². The van der Waals surface area contributed by atoms with E-state index in [0.29, 0.717) is 5.92 Å². The van der Waals surface area contributed by atoms with E-state index in [1.54, 1.807) is 6.33 Å². The number of hydrogen-bond acceptors (Lipinski definition) is 4. The molecule has 17 heavy (non-hydrogen) atoms. The molecule has 0 unspecified atom stereocenters. The number of aromatic nitrogens is 2. The van der Waals surface area contributed by atoms with Gasteiger partial charge in [-0.05, 0) is 19.3 Å². The molecule has 0 aliphatic rings. The van der Waals surface area contributed by atoms with Crippen molar-refractivity contribution in [3.05, 3.63) is 11.9 Å². The van der Waals surface area contributed by atoms with Crippen LogP contribution in [0.15, 0.2) is 6.33 Å². The molecule has 4 heteroatoms. The molecule has 0 saturated heterocycles. The Bertz CT molecular complexity index is 349. The third-order valence-corrected chi connectivity index (χ3v) is 2.60. The highest BCUT2D eigenvalue weighted by Crippen LogP contribution is 2.21. The van der Waals surface area contributed by atoms with E-state index in [9.17, 15) is 0 Å². The maximum atomic E-state index is 4.37. The third-order valence-electron chi connectivity index (χ3n) is 2.60. The van der Waals surface area contributed by atoms with Crippen LogP contribution in [-0.4, -0.2) is 30.1 Å². The molecule has 4 nitrogen and oxygen atoms in total. The normalized spacial score (nSPS) is 10.7. The molecule has 0 atom stereocenters. The van der Waals surface area contributed by atoms with Crippen LogP contribution in [0.5, 0.6) is 0 Å². The van der Waals surface area contributed by atoms with Crippen molar-refractivity contribution in [1.82, 2.24) is 9.97 Å². The fourth-order valence-electron chi connectivity index (χ4n) is 1.88. The van der Waals surface area contributed by atoms with E-state index in [-0.39, 0.29) is 0 Å². The molecule has 0 bridgehead atoms. The summed E-state index contributed by atoms with van der Waals surface area (Å²) in [5, 5.41) is 3.33. The lowest BCUT2D eigenvalue weighted by atomic mass is 10.2. The van der Waals surface area contributed by atoms with E-state index in [0.717, 1.165) is 36.7 Å². The number of nitrogens with zero attached hydrogens (tertiary/aromatic N) is 3. The van der Waals surface area contributed by atoms with Gasteiger partial charge in [0.15, 0.2) is 0 Å². The van der Waals surface area contributed by atoms with Crippen LogP contribution in [0.1, 0.15) is 32.8 Å². The maximum absolute atomic E-state index is 4.37. The standard InChI is InChI=1S/C13H24N4/c1-6-7-14-12-11(4)13(16-9-15-12)17(5)8-10(2)3/h9-10H,6-8H2,1-5H3,(H,14,15,16). The summed E-state index contributed by atoms with van der Waals surface area (Å²) < 4.78 is 0. The number of hydrogen-bond donors (Lipinski definition) is 1. The second kappa shape index (κ2) is 6.42. The molecule has 0 aliphatic heterocycles. The summed E-state index contributed by atoms with van der Waals surface area (Å²) in [5.74, 6) is 2.60. The number of rotatable bonds is 6. The zero-order chi connectivity index (χ0) is 12.8. The predicted molar refractivity (Wildman–Crippen MR) is 73.7 cm³/mol.